The van der Waals surface area contributed by atoms with Gasteiger partial charge in [-0.05, 0) is 38.0 Å². The van der Waals surface area contributed by atoms with Crippen molar-refractivity contribution in [1.82, 2.24) is 4.31 Å². The van der Waals surface area contributed by atoms with Crippen molar-refractivity contribution >= 4 is 16.0 Å². The normalized spacial score (nSPS) is 17.4. The van der Waals surface area contributed by atoms with Crippen LogP contribution < -0.4 is 0 Å². The molecule has 1 atom stereocenters. The molecule has 6 heteroatoms. The van der Waals surface area contributed by atoms with E-state index in [9.17, 15) is 8.42 Å². The van der Waals surface area contributed by atoms with Gasteiger partial charge in [0.2, 0.25) is 0 Å². The van der Waals surface area contributed by atoms with E-state index in [1.54, 1.807) is 24.3 Å². The van der Waals surface area contributed by atoms with Crippen molar-refractivity contribution < 1.29 is 13.2 Å². The summed E-state index contributed by atoms with van der Waals surface area (Å²) in [5.74, 6) is 0. The smallest absolute Gasteiger partial charge is 0.302 e. The van der Waals surface area contributed by atoms with Crippen molar-refractivity contribution in [3.8, 4) is 0 Å². The molecule has 0 aromatic heterocycles. The molecule has 0 aliphatic carbocycles. The monoisotopic (exact) mass is 358 g/mol. The average molecular weight is 358 g/mol. The predicted octanol–water partition coefficient (Wildman–Crippen LogP) is 3.00. The number of aryl methyl sites for hydroxylation is 1. The Morgan fingerprint density at radius 1 is 1.12 bits per heavy atom. The number of aliphatic imine (C=N–C) groups is 1. The molecule has 0 saturated heterocycles. The Morgan fingerprint density at radius 3 is 2.44 bits per heavy atom. The fourth-order valence-electron chi connectivity index (χ4n) is 2.88. The van der Waals surface area contributed by atoms with Crippen LogP contribution >= 0.6 is 0 Å². The lowest BCUT2D eigenvalue weighted by atomic mass is 10.1. The van der Waals surface area contributed by atoms with Gasteiger partial charge in [0.25, 0.3) is 10.0 Å². The van der Waals surface area contributed by atoms with Crippen LogP contribution in [-0.4, -0.2) is 37.9 Å². The van der Waals surface area contributed by atoms with E-state index in [2.05, 4.69) is 4.99 Å². The topological polar surface area (TPSA) is 59.0 Å². The molecule has 0 saturated carbocycles. The van der Waals surface area contributed by atoms with E-state index in [4.69, 9.17) is 4.74 Å². The Balaban J connectivity index is 1.94. The van der Waals surface area contributed by atoms with E-state index in [0.29, 0.717) is 19.6 Å². The van der Waals surface area contributed by atoms with Crippen LogP contribution in [0.1, 0.15) is 18.1 Å². The van der Waals surface area contributed by atoms with E-state index in [1.807, 2.05) is 44.2 Å². The van der Waals surface area contributed by atoms with Crippen molar-refractivity contribution in [3.05, 3.63) is 65.7 Å². The summed E-state index contributed by atoms with van der Waals surface area (Å²) in [6.45, 7) is 4.52. The molecule has 1 heterocycles. The maximum absolute atomic E-state index is 13.2. The lowest BCUT2D eigenvalue weighted by Crippen LogP contribution is -2.43. The first-order chi connectivity index (χ1) is 12.0. The molecule has 3 rings (SSSR count). The highest BCUT2D eigenvalue weighted by atomic mass is 32.2. The van der Waals surface area contributed by atoms with Gasteiger partial charge in [0, 0.05) is 0 Å². The number of ether oxygens (including phenoxy) is 1. The molecule has 0 N–H and O–H groups in total. The molecule has 0 bridgehead atoms. The van der Waals surface area contributed by atoms with Gasteiger partial charge in [0.05, 0.1) is 24.1 Å². The summed E-state index contributed by atoms with van der Waals surface area (Å²) in [6, 6.07) is 16.6. The highest BCUT2D eigenvalue weighted by Gasteiger charge is 2.39. The standard InChI is InChI=1S/C19H22N2O3S/c1-3-24-19-20-14-17(13-16-7-5-4-6-8-16)21(19)25(22,23)18-11-9-15(2)10-12-18/h4-12,17H,3,13-14H2,1-2H3. The van der Waals surface area contributed by atoms with Crippen LogP contribution in [0.2, 0.25) is 0 Å². The number of rotatable bonds is 5. The number of hydrogen-bond donors (Lipinski definition) is 0. The van der Waals surface area contributed by atoms with Crippen molar-refractivity contribution in [2.75, 3.05) is 13.2 Å². The SMILES string of the molecule is CCOC1=NCC(Cc2ccccc2)N1S(=O)(=O)c1ccc(C)cc1. The van der Waals surface area contributed by atoms with Gasteiger partial charge in [0.15, 0.2) is 0 Å². The zero-order valence-corrected chi connectivity index (χ0v) is 15.2. The molecule has 2 aromatic rings. The van der Waals surface area contributed by atoms with E-state index in [-0.39, 0.29) is 17.0 Å². The molecule has 0 spiro atoms. The van der Waals surface area contributed by atoms with Crippen LogP contribution in [0.5, 0.6) is 0 Å². The first-order valence-corrected chi connectivity index (χ1v) is 9.78. The van der Waals surface area contributed by atoms with Gasteiger partial charge in [-0.2, -0.15) is 0 Å². The molecule has 0 radical (unpaired) electrons. The number of amidine groups is 1. The number of benzene rings is 2. The third kappa shape index (κ3) is 3.69. The molecule has 1 aliphatic heterocycles. The fraction of sp³-hybridized carbons (Fsp3) is 0.316. The fourth-order valence-corrected chi connectivity index (χ4v) is 4.44. The molecule has 0 fully saturated rings. The highest BCUT2D eigenvalue weighted by Crippen LogP contribution is 2.25. The quantitative estimate of drug-likeness (QED) is 0.825. The number of nitrogens with zero attached hydrogens (tertiary/aromatic N) is 2. The maximum atomic E-state index is 13.2. The van der Waals surface area contributed by atoms with Gasteiger partial charge in [-0.25, -0.2) is 17.7 Å². The van der Waals surface area contributed by atoms with E-state index >= 15 is 0 Å². The minimum atomic E-state index is -3.72. The molecular formula is C19H22N2O3S. The molecule has 25 heavy (non-hydrogen) atoms. The summed E-state index contributed by atoms with van der Waals surface area (Å²) in [5, 5.41) is 0. The van der Waals surface area contributed by atoms with Crippen LogP contribution in [0.25, 0.3) is 0 Å². The van der Waals surface area contributed by atoms with E-state index in [1.165, 1.54) is 4.31 Å². The van der Waals surface area contributed by atoms with Gasteiger partial charge in [0.1, 0.15) is 0 Å². The largest absolute Gasteiger partial charge is 0.465 e. The van der Waals surface area contributed by atoms with Crippen LogP contribution in [0.15, 0.2) is 64.5 Å². The predicted molar refractivity (Wildman–Crippen MR) is 98.1 cm³/mol. The molecule has 132 valence electrons. The van der Waals surface area contributed by atoms with E-state index < -0.39 is 10.0 Å². The van der Waals surface area contributed by atoms with Crippen molar-refractivity contribution in [3.63, 3.8) is 0 Å². The summed E-state index contributed by atoms with van der Waals surface area (Å²) in [6.07, 6.45) is 0.589. The van der Waals surface area contributed by atoms with Gasteiger partial charge in [-0.1, -0.05) is 48.0 Å². The first kappa shape index (κ1) is 17.5. The van der Waals surface area contributed by atoms with Gasteiger partial charge in [-0.15, -0.1) is 0 Å². The Labute approximate surface area is 149 Å². The summed E-state index contributed by atoms with van der Waals surface area (Å²) < 4.78 is 33.2. The van der Waals surface area contributed by atoms with Crippen molar-refractivity contribution in [2.24, 2.45) is 4.99 Å². The summed E-state index contributed by atoms with van der Waals surface area (Å²) in [4.78, 5) is 4.59. The second-order valence-electron chi connectivity index (χ2n) is 6.01. The third-order valence-electron chi connectivity index (χ3n) is 4.12. The van der Waals surface area contributed by atoms with Crippen LogP contribution in [-0.2, 0) is 21.2 Å². The third-order valence-corrected chi connectivity index (χ3v) is 5.96. The zero-order valence-electron chi connectivity index (χ0n) is 14.4. The van der Waals surface area contributed by atoms with Crippen LogP contribution in [0.4, 0.5) is 0 Å². The highest BCUT2D eigenvalue weighted by molar-refractivity contribution is 7.89. The van der Waals surface area contributed by atoms with Crippen LogP contribution in [0.3, 0.4) is 0 Å². The molecule has 1 unspecified atom stereocenters. The zero-order chi connectivity index (χ0) is 17.9. The Bertz CT molecular complexity index is 846. The minimum absolute atomic E-state index is 0.184. The van der Waals surface area contributed by atoms with Crippen molar-refractivity contribution in [1.29, 1.82) is 0 Å². The Kier molecular flexibility index (Phi) is 5.08. The minimum Gasteiger partial charge on any atom is -0.465 e. The molecular weight excluding hydrogens is 336 g/mol. The van der Waals surface area contributed by atoms with Gasteiger partial charge < -0.3 is 4.74 Å². The summed E-state index contributed by atoms with van der Waals surface area (Å²) >= 11 is 0. The maximum Gasteiger partial charge on any atom is 0.302 e. The lowest BCUT2D eigenvalue weighted by molar-refractivity contribution is 0.279. The molecule has 5 nitrogen and oxygen atoms in total. The summed E-state index contributed by atoms with van der Waals surface area (Å²) in [5.41, 5.74) is 2.09. The first-order valence-electron chi connectivity index (χ1n) is 8.34. The van der Waals surface area contributed by atoms with E-state index in [0.717, 1.165) is 11.1 Å². The Morgan fingerprint density at radius 2 is 1.80 bits per heavy atom. The van der Waals surface area contributed by atoms with Gasteiger partial charge >= 0.3 is 6.02 Å². The number of hydrogen-bond acceptors (Lipinski definition) is 4. The van der Waals surface area contributed by atoms with Crippen molar-refractivity contribution in [2.45, 2.75) is 31.2 Å². The number of sulfonamides is 1. The summed E-state index contributed by atoms with van der Waals surface area (Å²) in [7, 11) is -3.72. The van der Waals surface area contributed by atoms with Gasteiger partial charge in [-0.3, -0.25) is 0 Å². The molecule has 1 aliphatic rings. The second-order valence-corrected chi connectivity index (χ2v) is 7.83. The molecule has 2 aromatic carbocycles. The van der Waals surface area contributed by atoms with Crippen LogP contribution in [0, 0.1) is 6.92 Å². The Hall–Kier alpha value is -2.34. The lowest BCUT2D eigenvalue weighted by Gasteiger charge is -2.26. The molecule has 0 amide bonds. The second kappa shape index (κ2) is 7.27. The average Bonchev–Trinajstić information content (AvgIpc) is 3.00.